The van der Waals surface area contributed by atoms with Gasteiger partial charge in [0, 0.05) is 0 Å². The molecule has 0 spiro atoms. The van der Waals surface area contributed by atoms with Crippen LogP contribution in [-0.2, 0) is 14.1 Å². The van der Waals surface area contributed by atoms with Gasteiger partial charge in [0.15, 0.2) is 0 Å². The third-order valence-electron chi connectivity index (χ3n) is 4.73. The number of hydrogen-bond donors (Lipinski definition) is 2. The summed E-state index contributed by atoms with van der Waals surface area (Å²) in [5.74, 6) is -1.61. The van der Waals surface area contributed by atoms with Gasteiger partial charge in [0.05, 0.1) is 13.0 Å². The Morgan fingerprint density at radius 1 is 0.885 bits per heavy atom. The number of carbonyl (C=O) groups excluding carboxylic acids is 1. The van der Waals surface area contributed by atoms with Gasteiger partial charge in [0.1, 0.15) is 5.78 Å². The highest BCUT2D eigenvalue weighted by molar-refractivity contribution is 7.52. The van der Waals surface area contributed by atoms with Crippen LogP contribution in [0.3, 0.4) is 0 Å². The highest BCUT2D eigenvalue weighted by Gasteiger charge is 2.35. The molecule has 0 aromatic heterocycles. The van der Waals surface area contributed by atoms with Crippen LogP contribution in [0.2, 0.25) is 0 Å². The Hall–Kier alpha value is -0.420. The summed E-state index contributed by atoms with van der Waals surface area (Å²) in [5, 5.41) is 0. The molecule has 0 amide bonds. The SMILES string of the molecule is CCCCCCCCCCCCOC(=O)CC(N(CC)CC)P(=O)(O)O. The number of esters is 1. The lowest BCUT2D eigenvalue weighted by Crippen LogP contribution is -2.37. The molecule has 7 heteroatoms. The quantitative estimate of drug-likeness (QED) is 0.212. The Morgan fingerprint density at radius 3 is 1.77 bits per heavy atom. The third kappa shape index (κ3) is 12.9. The topological polar surface area (TPSA) is 87.1 Å². The van der Waals surface area contributed by atoms with Crippen LogP contribution in [0, 0.1) is 0 Å². The lowest BCUT2D eigenvalue weighted by molar-refractivity contribution is -0.144. The number of ether oxygens (including phenoxy) is 1. The van der Waals surface area contributed by atoms with E-state index in [1.807, 2.05) is 13.8 Å². The Labute approximate surface area is 159 Å². The first-order valence-electron chi connectivity index (χ1n) is 10.3. The molecule has 2 N–H and O–H groups in total. The minimum absolute atomic E-state index is 0.260. The van der Waals surface area contributed by atoms with Gasteiger partial charge in [-0.3, -0.25) is 14.3 Å². The summed E-state index contributed by atoms with van der Waals surface area (Å²) in [6.45, 7) is 7.17. The van der Waals surface area contributed by atoms with Crippen LogP contribution in [-0.4, -0.2) is 46.1 Å². The molecule has 0 aliphatic carbocycles. The summed E-state index contributed by atoms with van der Waals surface area (Å²) in [6, 6.07) is 0. The van der Waals surface area contributed by atoms with Crippen molar-refractivity contribution in [2.75, 3.05) is 19.7 Å². The van der Waals surface area contributed by atoms with E-state index in [-0.39, 0.29) is 6.42 Å². The average Bonchev–Trinajstić information content (AvgIpc) is 2.59. The summed E-state index contributed by atoms with van der Waals surface area (Å²) >= 11 is 0. The molecular weight excluding hydrogens is 353 g/mol. The van der Waals surface area contributed by atoms with Crippen LogP contribution in [0.25, 0.3) is 0 Å². The fourth-order valence-electron chi connectivity index (χ4n) is 3.09. The highest BCUT2D eigenvalue weighted by atomic mass is 31.2. The normalized spacial score (nSPS) is 13.2. The highest BCUT2D eigenvalue weighted by Crippen LogP contribution is 2.44. The minimum Gasteiger partial charge on any atom is -0.466 e. The minimum atomic E-state index is -4.36. The third-order valence-corrected chi connectivity index (χ3v) is 6.02. The lowest BCUT2D eigenvalue weighted by Gasteiger charge is -2.29. The van der Waals surface area contributed by atoms with E-state index < -0.39 is 19.3 Å². The van der Waals surface area contributed by atoms with Crippen molar-refractivity contribution >= 4 is 13.6 Å². The molecular formula is C19H40NO5P. The van der Waals surface area contributed by atoms with Gasteiger partial charge in [0.25, 0.3) is 0 Å². The van der Waals surface area contributed by atoms with Gasteiger partial charge in [-0.2, -0.15) is 0 Å². The lowest BCUT2D eigenvalue weighted by atomic mass is 10.1. The van der Waals surface area contributed by atoms with Gasteiger partial charge in [-0.25, -0.2) is 0 Å². The Morgan fingerprint density at radius 2 is 1.35 bits per heavy atom. The molecule has 156 valence electrons. The molecule has 0 radical (unpaired) electrons. The molecule has 0 fully saturated rings. The average molecular weight is 394 g/mol. The van der Waals surface area contributed by atoms with Gasteiger partial charge < -0.3 is 14.5 Å². The summed E-state index contributed by atoms with van der Waals surface area (Å²) in [4.78, 5) is 32.5. The maximum Gasteiger partial charge on any atom is 0.343 e. The standard InChI is InChI=1S/C19H40NO5P/c1-4-7-8-9-10-11-12-13-14-15-16-25-19(21)17-18(26(22,23)24)20(5-2)6-3/h18H,4-17H2,1-3H3,(H2,22,23,24). The van der Waals surface area contributed by atoms with Crippen LogP contribution in [0.1, 0.15) is 91.4 Å². The molecule has 0 aromatic carbocycles. The molecule has 0 aliphatic rings. The monoisotopic (exact) mass is 393 g/mol. The number of hydrogen-bond acceptors (Lipinski definition) is 4. The van der Waals surface area contributed by atoms with Crippen LogP contribution in [0.4, 0.5) is 0 Å². The van der Waals surface area contributed by atoms with Gasteiger partial charge >= 0.3 is 13.6 Å². The second kappa shape index (κ2) is 15.6. The molecule has 0 rings (SSSR count). The molecule has 1 atom stereocenters. The zero-order chi connectivity index (χ0) is 19.8. The molecule has 0 heterocycles. The van der Waals surface area contributed by atoms with E-state index in [9.17, 15) is 19.1 Å². The van der Waals surface area contributed by atoms with Gasteiger partial charge in [-0.15, -0.1) is 0 Å². The van der Waals surface area contributed by atoms with Crippen LogP contribution in [0.15, 0.2) is 0 Å². The maximum absolute atomic E-state index is 11.9. The number of carbonyl (C=O) groups is 1. The number of rotatable bonds is 17. The first kappa shape index (κ1) is 25.6. The Bertz CT molecular complexity index is 395. The summed E-state index contributed by atoms with van der Waals surface area (Å²) in [7, 11) is -4.36. The van der Waals surface area contributed by atoms with Gasteiger partial charge in [-0.05, 0) is 19.5 Å². The maximum atomic E-state index is 11.9. The van der Waals surface area contributed by atoms with Crippen molar-refractivity contribution in [3.63, 3.8) is 0 Å². The van der Waals surface area contributed by atoms with E-state index in [0.717, 1.165) is 19.3 Å². The van der Waals surface area contributed by atoms with E-state index in [4.69, 9.17) is 4.74 Å². The molecule has 6 nitrogen and oxygen atoms in total. The number of unbranched alkanes of at least 4 members (excludes halogenated alkanes) is 9. The number of nitrogens with zero attached hydrogens (tertiary/aromatic N) is 1. The van der Waals surface area contributed by atoms with Crippen molar-refractivity contribution in [3.8, 4) is 0 Å². The summed E-state index contributed by atoms with van der Waals surface area (Å²) in [6.07, 6.45) is 11.8. The van der Waals surface area contributed by atoms with Crippen LogP contribution >= 0.6 is 7.60 Å². The zero-order valence-corrected chi connectivity index (χ0v) is 17.9. The predicted molar refractivity (Wildman–Crippen MR) is 106 cm³/mol. The molecule has 0 bridgehead atoms. The Kier molecular flexibility index (Phi) is 15.4. The van der Waals surface area contributed by atoms with E-state index in [1.54, 1.807) is 4.90 Å². The fraction of sp³-hybridized carbons (Fsp3) is 0.947. The van der Waals surface area contributed by atoms with E-state index in [2.05, 4.69) is 6.92 Å². The first-order valence-corrected chi connectivity index (χ1v) is 12.0. The largest absolute Gasteiger partial charge is 0.466 e. The molecule has 26 heavy (non-hydrogen) atoms. The molecule has 0 aliphatic heterocycles. The smallest absolute Gasteiger partial charge is 0.343 e. The summed E-state index contributed by atoms with van der Waals surface area (Å²) in [5.41, 5.74) is 0. The van der Waals surface area contributed by atoms with E-state index >= 15 is 0 Å². The molecule has 0 saturated carbocycles. The Balaban J connectivity index is 3.82. The van der Waals surface area contributed by atoms with Crippen LogP contribution < -0.4 is 0 Å². The predicted octanol–water partition coefficient (Wildman–Crippen LogP) is 4.69. The molecule has 0 saturated heterocycles. The first-order chi connectivity index (χ1) is 12.4. The van der Waals surface area contributed by atoms with Crippen molar-refractivity contribution in [1.82, 2.24) is 4.90 Å². The van der Waals surface area contributed by atoms with E-state index in [0.29, 0.717) is 19.7 Å². The van der Waals surface area contributed by atoms with Crippen molar-refractivity contribution in [2.45, 2.75) is 97.2 Å². The second-order valence-corrected chi connectivity index (χ2v) is 8.67. The molecule has 0 aromatic rings. The van der Waals surface area contributed by atoms with Gasteiger partial charge in [0.2, 0.25) is 0 Å². The van der Waals surface area contributed by atoms with Crippen molar-refractivity contribution in [1.29, 1.82) is 0 Å². The summed E-state index contributed by atoms with van der Waals surface area (Å²) < 4.78 is 16.8. The zero-order valence-electron chi connectivity index (χ0n) is 17.0. The van der Waals surface area contributed by atoms with Crippen LogP contribution in [0.5, 0.6) is 0 Å². The van der Waals surface area contributed by atoms with Crippen molar-refractivity contribution in [2.24, 2.45) is 0 Å². The van der Waals surface area contributed by atoms with E-state index in [1.165, 1.54) is 44.9 Å². The molecule has 1 unspecified atom stereocenters. The second-order valence-electron chi connectivity index (χ2n) is 6.90. The van der Waals surface area contributed by atoms with Gasteiger partial charge in [-0.1, -0.05) is 78.6 Å². The van der Waals surface area contributed by atoms with Crippen molar-refractivity contribution in [3.05, 3.63) is 0 Å². The van der Waals surface area contributed by atoms with Crippen molar-refractivity contribution < 1.29 is 23.9 Å². The fourth-order valence-corrected chi connectivity index (χ4v) is 4.23.